The van der Waals surface area contributed by atoms with Crippen LogP contribution in [0, 0.1) is 0 Å². The van der Waals surface area contributed by atoms with Gasteiger partial charge >= 0.3 is 5.84 Å². The number of nitrogens with zero attached hydrogens (tertiary/aromatic N) is 3. The number of nitrogens with two attached hydrogens (primary N) is 2. The average Bonchev–Trinajstić information content (AvgIpc) is 2.46. The Hall–Kier alpha value is -2.09. The number of halogens is 1. The minimum Gasteiger partial charge on any atom is -0.358 e. The second kappa shape index (κ2) is 5.12. The number of amidine groups is 2. The first kappa shape index (κ1) is 12.9. The molecule has 5 nitrogen and oxygen atoms in total. The Balaban J connectivity index is 2.26. The van der Waals surface area contributed by atoms with E-state index in [1.807, 2.05) is 59.0 Å². The zero-order chi connectivity index (χ0) is 14.1. The van der Waals surface area contributed by atoms with Crippen LogP contribution in [0.15, 0.2) is 47.6 Å². The molecule has 0 aliphatic heterocycles. The Kier molecular flexibility index (Phi) is 3.31. The lowest BCUT2D eigenvalue weighted by molar-refractivity contribution is -0.114. The average molecular weight is 376 g/mol. The molecule has 20 heavy (non-hydrogen) atoms. The number of rotatable bonds is 1. The molecule has 3 rings (SSSR count). The van der Waals surface area contributed by atoms with E-state index in [9.17, 15) is 0 Å². The Bertz CT molecular complexity index is 852. The van der Waals surface area contributed by atoms with Crippen LogP contribution in [0.5, 0.6) is 0 Å². The SMILES string of the molecule is NC(I)=NC(=[NH2+])c1ccc2ccc3cccnc3c2n1. The summed E-state index contributed by atoms with van der Waals surface area (Å²) in [5, 5.41) is 7.95. The van der Waals surface area contributed by atoms with Gasteiger partial charge in [-0.05, 0) is 17.1 Å². The third-order valence-electron chi connectivity index (χ3n) is 2.92. The summed E-state index contributed by atoms with van der Waals surface area (Å²) in [6, 6.07) is 11.7. The summed E-state index contributed by atoms with van der Waals surface area (Å²) in [5.41, 5.74) is 7.79. The van der Waals surface area contributed by atoms with Crippen molar-refractivity contribution >= 4 is 54.1 Å². The highest BCUT2D eigenvalue weighted by Gasteiger charge is 2.12. The standard InChI is InChI=1S/C14H10IN5/c15-14(17)20-13(16)10-6-5-9-4-3-8-2-1-7-18-11(8)12(9)19-10/h1-7H,(H3,16,17,20)/p+1. The second-order valence-corrected chi connectivity index (χ2v) is 5.33. The van der Waals surface area contributed by atoms with E-state index < -0.39 is 0 Å². The van der Waals surface area contributed by atoms with Crippen molar-refractivity contribution in [1.82, 2.24) is 9.97 Å². The number of hydrogen-bond donors (Lipinski definition) is 2. The van der Waals surface area contributed by atoms with Gasteiger partial charge in [0.15, 0.2) is 5.69 Å². The first-order valence-electron chi connectivity index (χ1n) is 5.92. The quantitative estimate of drug-likeness (QED) is 0.219. The van der Waals surface area contributed by atoms with Crippen LogP contribution in [-0.2, 0) is 0 Å². The molecule has 3 aromatic rings. The first-order chi connectivity index (χ1) is 9.65. The molecule has 0 bridgehead atoms. The second-order valence-electron chi connectivity index (χ2n) is 4.23. The van der Waals surface area contributed by atoms with Crippen molar-refractivity contribution in [3.05, 3.63) is 48.3 Å². The summed E-state index contributed by atoms with van der Waals surface area (Å²) in [7, 11) is 0. The maximum atomic E-state index is 5.89. The fraction of sp³-hybridized carbons (Fsp3) is 0. The van der Waals surface area contributed by atoms with Gasteiger partial charge < -0.3 is 5.73 Å². The third-order valence-corrected chi connectivity index (χ3v) is 3.16. The zero-order valence-corrected chi connectivity index (χ0v) is 12.6. The van der Waals surface area contributed by atoms with Gasteiger partial charge in [-0.15, -0.1) is 0 Å². The van der Waals surface area contributed by atoms with Gasteiger partial charge in [-0.2, -0.15) is 0 Å². The van der Waals surface area contributed by atoms with Gasteiger partial charge in [-0.25, -0.2) is 4.98 Å². The number of aliphatic imine (C=N–C) groups is 1. The van der Waals surface area contributed by atoms with Gasteiger partial charge in [0.1, 0.15) is 0 Å². The Morgan fingerprint density at radius 1 is 1.10 bits per heavy atom. The van der Waals surface area contributed by atoms with Crippen LogP contribution in [0.3, 0.4) is 0 Å². The predicted octanol–water partition coefficient (Wildman–Crippen LogP) is 1.04. The van der Waals surface area contributed by atoms with Gasteiger partial charge in [0.05, 0.1) is 11.0 Å². The molecule has 0 saturated carbocycles. The normalized spacial score (nSPS) is 11.9. The largest absolute Gasteiger partial charge is 0.358 e. The molecule has 98 valence electrons. The molecular weight excluding hydrogens is 365 g/mol. The summed E-state index contributed by atoms with van der Waals surface area (Å²) >= 11 is 1.90. The summed E-state index contributed by atoms with van der Waals surface area (Å²) in [4.78, 5) is 13.0. The number of pyridine rings is 2. The molecule has 1 aromatic carbocycles. The van der Waals surface area contributed by atoms with Crippen molar-refractivity contribution in [2.75, 3.05) is 0 Å². The number of hydrogen-bond acceptors (Lipinski definition) is 2. The lowest BCUT2D eigenvalue weighted by atomic mass is 10.1. The molecule has 0 aliphatic rings. The number of aromatic nitrogens is 2. The molecule has 2 aromatic heterocycles. The molecule has 0 atom stereocenters. The molecule has 0 radical (unpaired) electrons. The van der Waals surface area contributed by atoms with E-state index >= 15 is 0 Å². The van der Waals surface area contributed by atoms with Gasteiger partial charge in [0.2, 0.25) is 0 Å². The molecule has 0 fully saturated rings. The zero-order valence-electron chi connectivity index (χ0n) is 10.4. The van der Waals surface area contributed by atoms with Crippen molar-refractivity contribution in [3.8, 4) is 0 Å². The van der Waals surface area contributed by atoms with E-state index in [1.54, 1.807) is 6.20 Å². The molecule has 0 saturated heterocycles. The highest BCUT2D eigenvalue weighted by molar-refractivity contribution is 14.1. The van der Waals surface area contributed by atoms with Crippen LogP contribution in [0.4, 0.5) is 0 Å². The molecule has 0 aliphatic carbocycles. The van der Waals surface area contributed by atoms with E-state index in [2.05, 4.69) is 15.0 Å². The number of benzene rings is 1. The van der Waals surface area contributed by atoms with E-state index in [1.165, 1.54) is 0 Å². The summed E-state index contributed by atoms with van der Waals surface area (Å²) in [6.07, 6.45) is 1.75. The monoisotopic (exact) mass is 376 g/mol. The van der Waals surface area contributed by atoms with Crippen molar-refractivity contribution in [2.24, 2.45) is 10.7 Å². The van der Waals surface area contributed by atoms with Crippen LogP contribution in [-0.4, -0.2) is 19.6 Å². The molecule has 0 spiro atoms. The molecule has 6 heteroatoms. The van der Waals surface area contributed by atoms with Crippen molar-refractivity contribution in [3.63, 3.8) is 0 Å². The van der Waals surface area contributed by atoms with E-state index in [4.69, 9.17) is 11.1 Å². The molecule has 0 amide bonds. The number of fused-ring (bicyclic) bond motifs is 3. The Morgan fingerprint density at radius 3 is 2.55 bits per heavy atom. The summed E-state index contributed by atoms with van der Waals surface area (Å²) in [5.74, 6) is 0.298. The lowest BCUT2D eigenvalue weighted by Crippen LogP contribution is -2.40. The minimum atomic E-state index is 0.298. The van der Waals surface area contributed by atoms with Crippen molar-refractivity contribution in [2.45, 2.75) is 0 Å². The third kappa shape index (κ3) is 2.34. The summed E-state index contributed by atoms with van der Waals surface area (Å²) in [6.45, 7) is 0. The Labute approximate surface area is 128 Å². The highest BCUT2D eigenvalue weighted by atomic mass is 127. The summed E-state index contributed by atoms with van der Waals surface area (Å²) < 4.78 is 0.373. The fourth-order valence-corrected chi connectivity index (χ4v) is 2.30. The van der Waals surface area contributed by atoms with E-state index in [0.29, 0.717) is 15.4 Å². The highest BCUT2D eigenvalue weighted by Crippen LogP contribution is 2.22. The van der Waals surface area contributed by atoms with Gasteiger partial charge in [0.25, 0.3) is 3.84 Å². The maximum Gasteiger partial charge on any atom is 0.343 e. The van der Waals surface area contributed by atoms with Crippen LogP contribution in [0.1, 0.15) is 5.69 Å². The Morgan fingerprint density at radius 2 is 1.80 bits per heavy atom. The van der Waals surface area contributed by atoms with Crippen molar-refractivity contribution in [1.29, 1.82) is 0 Å². The molecular formula is C14H11IN5+. The topological polar surface area (TPSA) is 89.8 Å². The van der Waals surface area contributed by atoms with Gasteiger partial charge in [-0.1, -0.05) is 24.3 Å². The minimum absolute atomic E-state index is 0.298. The maximum absolute atomic E-state index is 5.89. The molecule has 0 unspecified atom stereocenters. The molecule has 4 N–H and O–H groups in total. The van der Waals surface area contributed by atoms with Crippen LogP contribution in [0.2, 0.25) is 0 Å². The van der Waals surface area contributed by atoms with Gasteiger partial charge in [0, 0.05) is 39.6 Å². The fourth-order valence-electron chi connectivity index (χ4n) is 2.04. The van der Waals surface area contributed by atoms with Crippen molar-refractivity contribution < 1.29 is 5.41 Å². The lowest BCUT2D eigenvalue weighted by Gasteiger charge is -2.02. The predicted molar refractivity (Wildman–Crippen MR) is 88.7 cm³/mol. The first-order valence-corrected chi connectivity index (χ1v) is 7.00. The van der Waals surface area contributed by atoms with E-state index in [-0.39, 0.29) is 0 Å². The van der Waals surface area contributed by atoms with Crippen LogP contribution in [0.25, 0.3) is 21.8 Å². The molecule has 2 heterocycles. The van der Waals surface area contributed by atoms with Crippen LogP contribution >= 0.6 is 22.6 Å². The van der Waals surface area contributed by atoms with Gasteiger partial charge in [-0.3, -0.25) is 10.4 Å². The van der Waals surface area contributed by atoms with E-state index in [0.717, 1.165) is 21.8 Å². The smallest absolute Gasteiger partial charge is 0.343 e. The van der Waals surface area contributed by atoms with Crippen LogP contribution < -0.4 is 11.1 Å².